The van der Waals surface area contributed by atoms with Gasteiger partial charge in [0.2, 0.25) is 5.91 Å². The van der Waals surface area contributed by atoms with Crippen molar-refractivity contribution >= 4 is 79.7 Å². The minimum Gasteiger partial charge on any atom is -0.370 e. The first-order valence-electron chi connectivity index (χ1n) is 11.3. The summed E-state index contributed by atoms with van der Waals surface area (Å²) in [5.41, 5.74) is 8.30. The third-order valence-corrected chi connectivity index (χ3v) is 9.70. The van der Waals surface area contributed by atoms with Gasteiger partial charge in [0.25, 0.3) is 0 Å². The van der Waals surface area contributed by atoms with Crippen molar-refractivity contribution in [1.29, 1.82) is 0 Å². The van der Waals surface area contributed by atoms with Gasteiger partial charge in [-0.15, -0.1) is 10.4 Å². The first kappa shape index (κ1) is 23.0. The highest BCUT2D eigenvalue weighted by atomic mass is 16.1. The van der Waals surface area contributed by atoms with E-state index in [0.717, 1.165) is 22.3 Å². The minimum atomic E-state index is -0.309. The van der Waals surface area contributed by atoms with E-state index in [4.69, 9.17) is 10.8 Å². The van der Waals surface area contributed by atoms with Crippen molar-refractivity contribution in [2.75, 3.05) is 0 Å². The second-order valence-electron chi connectivity index (χ2n) is 11.6. The summed E-state index contributed by atoms with van der Waals surface area (Å²) in [6, 6.07) is 1.81. The van der Waals surface area contributed by atoms with Crippen LogP contribution in [0, 0.1) is 5.92 Å². The lowest BCUT2D eigenvalue weighted by Gasteiger charge is -2.49. The van der Waals surface area contributed by atoms with Crippen LogP contribution in [0.4, 0.5) is 0 Å². The number of hydrogen-bond donors (Lipinski definition) is 2. The second kappa shape index (κ2) is 7.16. The number of aromatic amines is 1. The predicted molar refractivity (Wildman–Crippen MR) is 151 cm³/mol. The van der Waals surface area contributed by atoms with Gasteiger partial charge in [0.15, 0.2) is 0 Å². The zero-order valence-electron chi connectivity index (χ0n) is 20.5. The smallest absolute Gasteiger partial charge is 0.219 e. The van der Waals surface area contributed by atoms with Crippen LogP contribution in [0.15, 0.2) is 31.0 Å². The third-order valence-electron chi connectivity index (χ3n) is 9.70. The van der Waals surface area contributed by atoms with E-state index in [0.29, 0.717) is 0 Å². The average Bonchev–Trinajstić information content (AvgIpc) is 3.36. The number of hydrogen-bond acceptors (Lipinski definition) is 4. The van der Waals surface area contributed by atoms with E-state index in [1.807, 2.05) is 29.3 Å². The fourth-order valence-electron chi connectivity index (χ4n) is 6.57. The van der Waals surface area contributed by atoms with E-state index < -0.39 is 0 Å². The molecule has 0 aliphatic heterocycles. The van der Waals surface area contributed by atoms with Crippen LogP contribution in [-0.4, -0.2) is 93.4 Å². The van der Waals surface area contributed by atoms with Crippen LogP contribution in [0.3, 0.4) is 0 Å². The van der Waals surface area contributed by atoms with Crippen molar-refractivity contribution in [3.05, 3.63) is 31.0 Å². The Kier molecular flexibility index (Phi) is 5.14. The van der Waals surface area contributed by atoms with E-state index in [1.54, 1.807) is 6.33 Å². The van der Waals surface area contributed by atoms with Gasteiger partial charge in [-0.05, 0) is 12.0 Å². The Morgan fingerprint density at radius 3 is 2.31 bits per heavy atom. The summed E-state index contributed by atoms with van der Waals surface area (Å²) < 4.78 is 1.95. The number of rotatable bonds is 5. The molecule has 0 aromatic carbocycles. The van der Waals surface area contributed by atoms with E-state index in [1.165, 1.54) is 0 Å². The lowest BCUT2D eigenvalue weighted by atomic mass is 9.17. The number of nitrogens with two attached hydrogens (primary N) is 1. The molecule has 1 aliphatic carbocycles. The fraction of sp³-hybridized carbons (Fsp3) is 0.412. The Morgan fingerprint density at radius 1 is 1.09 bits per heavy atom. The SMILES string of the molecule is BC1(B)C([C@@H](CC(N)=O)n2cc(-c3ncnc4[nH]ccc34)cn2)C(B)(B)C(B)(B)C1(B)B. The van der Waals surface area contributed by atoms with Gasteiger partial charge >= 0.3 is 0 Å². The molecule has 0 radical (unpaired) electrons. The topological polar surface area (TPSA) is 102 Å². The Hall–Kier alpha value is -2.18. The Morgan fingerprint density at radius 2 is 1.72 bits per heavy atom. The molecule has 1 aliphatic rings. The van der Waals surface area contributed by atoms with E-state index in [-0.39, 0.29) is 45.1 Å². The molecule has 1 amide bonds. The van der Waals surface area contributed by atoms with E-state index in [9.17, 15) is 4.79 Å². The van der Waals surface area contributed by atoms with Gasteiger partial charge in [-0.2, -0.15) is 5.10 Å². The Bertz CT molecular complexity index is 1160. The normalized spacial score (nSPS) is 22.0. The van der Waals surface area contributed by atoms with Crippen molar-refractivity contribution in [3.8, 4) is 11.3 Å². The molecule has 3 N–H and O–H groups in total. The summed E-state index contributed by atoms with van der Waals surface area (Å²) in [5.74, 6) is -0.130. The molecule has 7 nitrogen and oxygen atoms in total. The van der Waals surface area contributed by atoms with Crippen LogP contribution in [-0.2, 0) is 4.79 Å². The molecule has 3 aromatic heterocycles. The molecular formula is C17H28B8N6O. The maximum Gasteiger partial charge on any atom is 0.219 e. The van der Waals surface area contributed by atoms with Crippen LogP contribution in [0.2, 0.25) is 20.9 Å². The summed E-state index contributed by atoms with van der Waals surface area (Å²) >= 11 is 0. The summed E-state index contributed by atoms with van der Waals surface area (Å²) in [6.07, 6.45) is 7.49. The maximum absolute atomic E-state index is 12.3. The van der Waals surface area contributed by atoms with Crippen molar-refractivity contribution in [3.63, 3.8) is 0 Å². The van der Waals surface area contributed by atoms with Crippen molar-refractivity contribution < 1.29 is 4.79 Å². The number of nitrogens with one attached hydrogen (secondary N) is 1. The molecule has 1 saturated carbocycles. The molecule has 4 rings (SSSR count). The number of carbonyl (C=O) groups is 1. The van der Waals surface area contributed by atoms with Crippen molar-refractivity contribution in [2.24, 2.45) is 11.7 Å². The number of fused-ring (bicyclic) bond motifs is 1. The van der Waals surface area contributed by atoms with E-state index >= 15 is 0 Å². The molecular weight excluding hydrogens is 391 g/mol. The summed E-state index contributed by atoms with van der Waals surface area (Å²) in [4.78, 5) is 24.2. The lowest BCUT2D eigenvalue weighted by molar-refractivity contribution is -0.119. The van der Waals surface area contributed by atoms with Crippen LogP contribution in [0.25, 0.3) is 22.3 Å². The largest absolute Gasteiger partial charge is 0.370 e. The monoisotopic (exact) mass is 420 g/mol. The van der Waals surface area contributed by atoms with Crippen LogP contribution in [0.1, 0.15) is 12.5 Å². The van der Waals surface area contributed by atoms with Crippen LogP contribution < -0.4 is 5.73 Å². The highest BCUT2D eigenvalue weighted by molar-refractivity contribution is 6.68. The molecule has 0 spiro atoms. The molecule has 3 heterocycles. The third kappa shape index (κ3) is 2.99. The highest BCUT2D eigenvalue weighted by Gasteiger charge is 2.67. The molecule has 1 atom stereocenters. The number of amides is 1. The molecule has 0 bridgehead atoms. The molecule has 1 fully saturated rings. The summed E-state index contributed by atoms with van der Waals surface area (Å²) in [6.45, 7) is 0. The van der Waals surface area contributed by atoms with Crippen molar-refractivity contribution in [1.82, 2.24) is 24.7 Å². The maximum atomic E-state index is 12.3. The number of primary amides is 1. The first-order valence-corrected chi connectivity index (χ1v) is 11.3. The molecule has 3 aromatic rings. The molecule has 0 saturated heterocycles. The average molecular weight is 419 g/mol. The zero-order valence-corrected chi connectivity index (χ0v) is 20.5. The quantitative estimate of drug-likeness (QED) is 0.403. The van der Waals surface area contributed by atoms with Gasteiger partial charge in [-0.3, -0.25) is 9.48 Å². The van der Waals surface area contributed by atoms with Gasteiger partial charge in [0, 0.05) is 29.8 Å². The lowest BCUT2D eigenvalue weighted by Crippen LogP contribution is -2.40. The van der Waals surface area contributed by atoms with Crippen LogP contribution >= 0.6 is 0 Å². The second-order valence-corrected chi connectivity index (χ2v) is 11.6. The molecule has 156 valence electrons. The Balaban J connectivity index is 1.84. The Labute approximate surface area is 196 Å². The molecule has 0 unspecified atom stereocenters. The number of H-pyrrole nitrogens is 1. The predicted octanol–water partition coefficient (Wildman–Crippen LogP) is -5.60. The van der Waals surface area contributed by atoms with Gasteiger partial charge in [-0.1, -0.05) is 10.4 Å². The number of aromatic nitrogens is 5. The first-order chi connectivity index (χ1) is 14.7. The zero-order chi connectivity index (χ0) is 23.7. The standard InChI is InChI=1S/C17H28B8N6O/c18-14(19)12(15(20,21)17(24,25)16(14,22)23)9(3-10(26)32)31-5-7(4-30-31)11-8-1-2-27-13(8)29-6-28-11/h1-2,4-6,9,12H,3,18-25H2,(H2,26,32)(H,27,28,29)/t9-/m1/s1. The number of nitrogens with zero attached hydrogens (tertiary/aromatic N) is 4. The minimum absolute atomic E-state index is 0.0317. The fourth-order valence-corrected chi connectivity index (χ4v) is 6.57. The van der Waals surface area contributed by atoms with Gasteiger partial charge in [0.1, 0.15) is 12.0 Å². The van der Waals surface area contributed by atoms with E-state index in [2.05, 4.69) is 77.7 Å². The molecule has 32 heavy (non-hydrogen) atoms. The van der Waals surface area contributed by atoms with Gasteiger partial charge < -0.3 is 10.7 Å². The van der Waals surface area contributed by atoms with Gasteiger partial charge in [0.05, 0.1) is 80.7 Å². The highest BCUT2D eigenvalue weighted by Crippen LogP contribution is 2.80. The number of carbonyl (C=O) groups excluding carboxylic acids is 1. The molecule has 15 heteroatoms. The summed E-state index contributed by atoms with van der Waals surface area (Å²) in [5, 5.41) is 5.64. The van der Waals surface area contributed by atoms with Gasteiger partial charge in [-0.25, -0.2) is 9.97 Å². The summed E-state index contributed by atoms with van der Waals surface area (Å²) in [7, 11) is 18.8. The van der Waals surface area contributed by atoms with Crippen molar-refractivity contribution in [2.45, 2.75) is 33.3 Å². The van der Waals surface area contributed by atoms with Crippen LogP contribution in [0.5, 0.6) is 0 Å².